The number of aliphatic carboxylic acids is 1. The van der Waals surface area contributed by atoms with E-state index in [2.05, 4.69) is 18.7 Å². The van der Waals surface area contributed by atoms with E-state index in [4.69, 9.17) is 5.11 Å². The Hall–Kier alpha value is -1.10. The van der Waals surface area contributed by atoms with Crippen molar-refractivity contribution in [1.82, 2.24) is 9.80 Å². The van der Waals surface area contributed by atoms with Crippen LogP contribution in [0.3, 0.4) is 0 Å². The molecule has 5 nitrogen and oxygen atoms in total. The van der Waals surface area contributed by atoms with E-state index in [1.54, 1.807) is 4.90 Å². The second-order valence-electron chi connectivity index (χ2n) is 5.27. The number of rotatable bonds is 5. The first-order valence-corrected chi connectivity index (χ1v) is 6.66. The van der Waals surface area contributed by atoms with Gasteiger partial charge in [0.05, 0.1) is 6.04 Å². The van der Waals surface area contributed by atoms with E-state index in [0.717, 1.165) is 26.1 Å². The first kappa shape index (κ1) is 15.0. The molecule has 0 aromatic heterocycles. The summed E-state index contributed by atoms with van der Waals surface area (Å²) in [6.45, 7) is 6.69. The van der Waals surface area contributed by atoms with Gasteiger partial charge in [-0.3, -0.25) is 14.5 Å². The molecule has 18 heavy (non-hydrogen) atoms. The molecule has 0 saturated carbocycles. The summed E-state index contributed by atoms with van der Waals surface area (Å²) in [5.41, 5.74) is 0. The predicted octanol–water partition coefficient (Wildman–Crippen LogP) is 1.04. The molecule has 5 heteroatoms. The average molecular weight is 256 g/mol. The lowest BCUT2D eigenvalue weighted by Gasteiger charge is -2.29. The van der Waals surface area contributed by atoms with E-state index >= 15 is 0 Å². The zero-order chi connectivity index (χ0) is 13.7. The van der Waals surface area contributed by atoms with Crippen molar-refractivity contribution < 1.29 is 14.7 Å². The molecule has 0 bridgehead atoms. The lowest BCUT2D eigenvalue weighted by atomic mass is 10.1. The van der Waals surface area contributed by atoms with Crippen molar-refractivity contribution in [3.63, 3.8) is 0 Å². The van der Waals surface area contributed by atoms with Crippen molar-refractivity contribution >= 4 is 11.9 Å². The normalized spacial score (nSPS) is 26.2. The number of carboxylic acid groups (broad SMARTS) is 1. The molecule has 2 atom stereocenters. The molecule has 1 amide bonds. The SMILES string of the molecule is CCCN1CC(C)CN(C)C(=O)C1CCC(=O)O. The molecule has 1 heterocycles. The molecule has 0 spiro atoms. The lowest BCUT2D eigenvalue weighted by Crippen LogP contribution is -2.45. The number of carbonyl (C=O) groups is 2. The quantitative estimate of drug-likeness (QED) is 0.798. The highest BCUT2D eigenvalue weighted by Gasteiger charge is 2.32. The van der Waals surface area contributed by atoms with Crippen LogP contribution in [0.1, 0.15) is 33.1 Å². The largest absolute Gasteiger partial charge is 0.481 e. The van der Waals surface area contributed by atoms with Gasteiger partial charge in [0.15, 0.2) is 0 Å². The van der Waals surface area contributed by atoms with E-state index < -0.39 is 5.97 Å². The maximum absolute atomic E-state index is 12.3. The maximum atomic E-state index is 12.3. The predicted molar refractivity (Wildman–Crippen MR) is 69.3 cm³/mol. The van der Waals surface area contributed by atoms with Crippen LogP contribution in [0.2, 0.25) is 0 Å². The summed E-state index contributed by atoms with van der Waals surface area (Å²) >= 11 is 0. The van der Waals surface area contributed by atoms with Gasteiger partial charge >= 0.3 is 5.97 Å². The van der Waals surface area contributed by atoms with Crippen molar-refractivity contribution in [1.29, 1.82) is 0 Å². The number of hydrogen-bond donors (Lipinski definition) is 1. The fourth-order valence-corrected chi connectivity index (χ4v) is 2.65. The summed E-state index contributed by atoms with van der Waals surface area (Å²) in [7, 11) is 1.81. The molecule has 1 N–H and O–H groups in total. The molecule has 1 saturated heterocycles. The van der Waals surface area contributed by atoms with Gasteiger partial charge in [0, 0.05) is 26.6 Å². The topological polar surface area (TPSA) is 60.9 Å². The highest BCUT2D eigenvalue weighted by atomic mass is 16.4. The Morgan fingerprint density at radius 1 is 1.44 bits per heavy atom. The number of carboxylic acids is 1. The highest BCUT2D eigenvalue weighted by molar-refractivity contribution is 5.82. The molecule has 1 aliphatic rings. The second kappa shape index (κ2) is 6.73. The smallest absolute Gasteiger partial charge is 0.303 e. The van der Waals surface area contributed by atoms with E-state index in [9.17, 15) is 9.59 Å². The molecule has 1 rings (SSSR count). The maximum Gasteiger partial charge on any atom is 0.303 e. The number of carbonyl (C=O) groups excluding carboxylic acids is 1. The Morgan fingerprint density at radius 3 is 2.67 bits per heavy atom. The van der Waals surface area contributed by atoms with Crippen LogP contribution < -0.4 is 0 Å². The monoisotopic (exact) mass is 256 g/mol. The van der Waals surface area contributed by atoms with Gasteiger partial charge in [0.25, 0.3) is 0 Å². The number of nitrogens with zero attached hydrogens (tertiary/aromatic N) is 2. The zero-order valence-corrected chi connectivity index (χ0v) is 11.6. The molecular weight excluding hydrogens is 232 g/mol. The third kappa shape index (κ3) is 3.98. The third-order valence-corrected chi connectivity index (χ3v) is 3.38. The molecule has 104 valence electrons. The lowest BCUT2D eigenvalue weighted by molar-refractivity contribution is -0.138. The Kier molecular flexibility index (Phi) is 5.59. The van der Waals surface area contributed by atoms with Crippen molar-refractivity contribution in [3.05, 3.63) is 0 Å². The Morgan fingerprint density at radius 2 is 2.11 bits per heavy atom. The number of amides is 1. The molecule has 0 radical (unpaired) electrons. The van der Waals surface area contributed by atoms with E-state index in [0.29, 0.717) is 12.3 Å². The molecular formula is C13H24N2O3. The van der Waals surface area contributed by atoms with Crippen LogP contribution in [0.15, 0.2) is 0 Å². The van der Waals surface area contributed by atoms with Crippen molar-refractivity contribution in [2.24, 2.45) is 5.92 Å². The van der Waals surface area contributed by atoms with Gasteiger partial charge < -0.3 is 10.0 Å². The molecule has 0 aromatic carbocycles. The fourth-order valence-electron chi connectivity index (χ4n) is 2.65. The van der Waals surface area contributed by atoms with E-state index in [1.165, 1.54) is 0 Å². The average Bonchev–Trinajstić information content (AvgIpc) is 2.36. The van der Waals surface area contributed by atoms with Crippen molar-refractivity contribution in [3.8, 4) is 0 Å². The van der Waals surface area contributed by atoms with Crippen LogP contribution in [-0.4, -0.2) is 59.5 Å². The Bertz CT molecular complexity index is 307. The van der Waals surface area contributed by atoms with Gasteiger partial charge in [0.1, 0.15) is 0 Å². The minimum absolute atomic E-state index is 0.0544. The standard InChI is InChI=1S/C13H24N2O3/c1-4-7-15-9-10(2)8-14(3)13(18)11(15)5-6-12(16)17/h10-11H,4-9H2,1-3H3,(H,16,17). The summed E-state index contributed by atoms with van der Waals surface area (Å²) in [6, 6.07) is -0.268. The van der Waals surface area contributed by atoms with E-state index in [1.807, 2.05) is 7.05 Å². The zero-order valence-electron chi connectivity index (χ0n) is 11.6. The number of likely N-dealkylation sites (N-methyl/N-ethyl adjacent to an activating group) is 1. The summed E-state index contributed by atoms with van der Waals surface area (Å²) in [4.78, 5) is 26.9. The van der Waals surface area contributed by atoms with Crippen LogP contribution in [0.5, 0.6) is 0 Å². The van der Waals surface area contributed by atoms with Crippen LogP contribution >= 0.6 is 0 Å². The van der Waals surface area contributed by atoms with Gasteiger partial charge in [-0.25, -0.2) is 0 Å². The second-order valence-corrected chi connectivity index (χ2v) is 5.27. The van der Waals surface area contributed by atoms with Crippen molar-refractivity contribution in [2.75, 3.05) is 26.7 Å². The van der Waals surface area contributed by atoms with Gasteiger partial charge in [0.2, 0.25) is 5.91 Å². The highest BCUT2D eigenvalue weighted by Crippen LogP contribution is 2.18. The van der Waals surface area contributed by atoms with Gasteiger partial charge in [-0.2, -0.15) is 0 Å². The van der Waals surface area contributed by atoms with E-state index in [-0.39, 0.29) is 18.4 Å². The van der Waals surface area contributed by atoms with Crippen LogP contribution in [-0.2, 0) is 9.59 Å². The van der Waals surface area contributed by atoms with Gasteiger partial charge in [-0.15, -0.1) is 0 Å². The Balaban J connectivity index is 2.80. The van der Waals surface area contributed by atoms with Crippen LogP contribution in [0.4, 0.5) is 0 Å². The first-order chi connectivity index (χ1) is 8.45. The van der Waals surface area contributed by atoms with Crippen molar-refractivity contribution in [2.45, 2.75) is 39.2 Å². The first-order valence-electron chi connectivity index (χ1n) is 6.66. The number of hydrogen-bond acceptors (Lipinski definition) is 3. The summed E-state index contributed by atoms with van der Waals surface area (Å²) in [6.07, 6.45) is 1.44. The molecule has 0 aliphatic carbocycles. The molecule has 0 aromatic rings. The summed E-state index contributed by atoms with van der Waals surface area (Å²) in [5.74, 6) is -0.339. The Labute approximate surface area is 109 Å². The molecule has 2 unspecified atom stereocenters. The van der Waals surface area contributed by atoms with Gasteiger partial charge in [-0.1, -0.05) is 13.8 Å². The fraction of sp³-hybridized carbons (Fsp3) is 0.846. The van der Waals surface area contributed by atoms with Crippen LogP contribution in [0, 0.1) is 5.92 Å². The summed E-state index contributed by atoms with van der Waals surface area (Å²) in [5, 5.41) is 8.79. The minimum atomic E-state index is -0.834. The van der Waals surface area contributed by atoms with Gasteiger partial charge in [-0.05, 0) is 25.3 Å². The molecule has 1 aliphatic heterocycles. The minimum Gasteiger partial charge on any atom is -0.481 e. The summed E-state index contributed by atoms with van der Waals surface area (Å²) < 4.78 is 0. The molecule has 1 fully saturated rings. The third-order valence-electron chi connectivity index (χ3n) is 3.38. The van der Waals surface area contributed by atoms with Crippen LogP contribution in [0.25, 0.3) is 0 Å².